The van der Waals surface area contributed by atoms with Gasteiger partial charge in [0.2, 0.25) is 0 Å². The maximum atomic E-state index is 11.9. The molecule has 1 saturated carbocycles. The number of nitrogens with one attached hydrogen (secondary N) is 2. The highest BCUT2D eigenvalue weighted by Gasteiger charge is 2.44. The summed E-state index contributed by atoms with van der Waals surface area (Å²) in [5.41, 5.74) is 5.07. The van der Waals surface area contributed by atoms with Crippen LogP contribution >= 0.6 is 0 Å². The summed E-state index contributed by atoms with van der Waals surface area (Å²) in [5.74, 6) is 0. The second kappa shape index (κ2) is 2.71. The summed E-state index contributed by atoms with van der Waals surface area (Å²) >= 11 is 0. The summed E-state index contributed by atoms with van der Waals surface area (Å²) in [6.07, 6.45) is 1.63. The molecule has 2 heterocycles. The van der Waals surface area contributed by atoms with Gasteiger partial charge in [-0.2, -0.15) is 0 Å². The average Bonchev–Trinajstić information content (AvgIpc) is 2.75. The molecule has 0 amide bonds. The number of hydrogen-bond acceptors (Lipinski definition) is 4. The van der Waals surface area contributed by atoms with Gasteiger partial charge in [-0.05, 0) is 18.4 Å². The lowest BCUT2D eigenvalue weighted by atomic mass is 10.3. The van der Waals surface area contributed by atoms with E-state index < -0.39 is 10.0 Å². The lowest BCUT2D eigenvalue weighted by Gasteiger charge is -2.21. The van der Waals surface area contributed by atoms with Crippen molar-refractivity contribution in [3.05, 3.63) is 11.3 Å². The highest BCUT2D eigenvalue weighted by molar-refractivity contribution is 7.90. The lowest BCUT2D eigenvalue weighted by Crippen LogP contribution is -2.42. The summed E-state index contributed by atoms with van der Waals surface area (Å²) < 4.78 is 25.3. The minimum Gasteiger partial charge on any atom is -0.307 e. The van der Waals surface area contributed by atoms with Crippen LogP contribution in [0.5, 0.6) is 0 Å². The van der Waals surface area contributed by atoms with Gasteiger partial charge < -0.3 is 5.32 Å². The largest absolute Gasteiger partial charge is 0.307 e. The Bertz CT molecular complexity index is 397. The van der Waals surface area contributed by atoms with Crippen LogP contribution in [0.2, 0.25) is 0 Å². The highest BCUT2D eigenvalue weighted by Crippen LogP contribution is 2.34. The maximum absolute atomic E-state index is 11.9. The average molecular weight is 215 g/mol. The van der Waals surface area contributed by atoms with Crippen LogP contribution in [-0.2, 0) is 10.0 Å². The minimum atomic E-state index is -3.10. The van der Waals surface area contributed by atoms with E-state index in [0.717, 1.165) is 25.1 Å². The van der Waals surface area contributed by atoms with Crippen LogP contribution in [0.15, 0.2) is 11.3 Å². The minimum absolute atomic E-state index is 0.137. The smallest absolute Gasteiger partial charge is 0.251 e. The van der Waals surface area contributed by atoms with E-state index in [4.69, 9.17) is 0 Å². The zero-order valence-corrected chi connectivity index (χ0v) is 8.60. The van der Waals surface area contributed by atoms with Gasteiger partial charge in [-0.1, -0.05) is 0 Å². The molecule has 0 aromatic heterocycles. The predicted molar refractivity (Wildman–Crippen MR) is 51.7 cm³/mol. The first-order valence-electron chi connectivity index (χ1n) is 4.89. The number of rotatable bonds is 2. The van der Waals surface area contributed by atoms with Crippen molar-refractivity contribution in [1.29, 1.82) is 0 Å². The summed E-state index contributed by atoms with van der Waals surface area (Å²) in [4.78, 5) is 0. The van der Waals surface area contributed by atoms with E-state index >= 15 is 0 Å². The van der Waals surface area contributed by atoms with Crippen molar-refractivity contribution in [1.82, 2.24) is 15.2 Å². The van der Waals surface area contributed by atoms with Crippen molar-refractivity contribution in [2.45, 2.75) is 18.1 Å². The molecule has 14 heavy (non-hydrogen) atoms. The first-order valence-corrected chi connectivity index (χ1v) is 6.39. The molecule has 0 bridgehead atoms. The third-order valence-corrected chi connectivity index (χ3v) is 5.09. The molecule has 3 rings (SSSR count). The first-order chi connectivity index (χ1) is 6.69. The van der Waals surface area contributed by atoms with Gasteiger partial charge in [-0.3, -0.25) is 0 Å². The van der Waals surface area contributed by atoms with E-state index in [0.29, 0.717) is 13.1 Å². The van der Waals surface area contributed by atoms with Crippen molar-refractivity contribution in [3.8, 4) is 0 Å². The zero-order valence-electron chi connectivity index (χ0n) is 7.78. The van der Waals surface area contributed by atoms with Crippen LogP contribution < -0.4 is 10.7 Å². The molecule has 0 unspecified atom stereocenters. The standard InChI is InChI=1S/C8H13N3O2S/c12-14(13,7-1-2-7)11-8-5-9-3-6(8)4-10-11/h7,9-10H,1-5H2. The van der Waals surface area contributed by atoms with Gasteiger partial charge >= 0.3 is 0 Å². The maximum Gasteiger partial charge on any atom is 0.251 e. The van der Waals surface area contributed by atoms with Gasteiger partial charge in [0.1, 0.15) is 0 Å². The molecule has 1 aliphatic carbocycles. The number of nitrogens with zero attached hydrogens (tertiary/aromatic N) is 1. The second-order valence-electron chi connectivity index (χ2n) is 4.00. The molecule has 2 aliphatic heterocycles. The molecule has 3 aliphatic rings. The lowest BCUT2D eigenvalue weighted by molar-refractivity contribution is 0.409. The molecule has 0 saturated heterocycles. The fourth-order valence-electron chi connectivity index (χ4n) is 1.96. The third-order valence-electron chi connectivity index (χ3n) is 2.92. The van der Waals surface area contributed by atoms with Crippen LogP contribution in [0.3, 0.4) is 0 Å². The van der Waals surface area contributed by atoms with Crippen molar-refractivity contribution >= 4 is 10.0 Å². The molecular formula is C8H13N3O2S. The van der Waals surface area contributed by atoms with Gasteiger partial charge in [0.05, 0.1) is 10.9 Å². The Morgan fingerprint density at radius 1 is 1.21 bits per heavy atom. The van der Waals surface area contributed by atoms with Gasteiger partial charge in [-0.25, -0.2) is 18.3 Å². The molecule has 2 N–H and O–H groups in total. The van der Waals surface area contributed by atoms with E-state index in [-0.39, 0.29) is 5.25 Å². The molecule has 0 spiro atoms. The molecular weight excluding hydrogens is 202 g/mol. The van der Waals surface area contributed by atoms with Crippen LogP contribution in [-0.4, -0.2) is 37.7 Å². The Kier molecular flexibility index (Phi) is 1.68. The number of hydrazine groups is 1. The van der Waals surface area contributed by atoms with Gasteiger partial charge in [0.25, 0.3) is 10.0 Å². The summed E-state index contributed by atoms with van der Waals surface area (Å²) in [7, 11) is -3.10. The molecule has 1 fully saturated rings. The van der Waals surface area contributed by atoms with Crippen molar-refractivity contribution in [2.75, 3.05) is 19.6 Å². The molecule has 5 nitrogen and oxygen atoms in total. The normalized spacial score (nSPS) is 27.3. The molecule has 0 atom stereocenters. The number of sulfonamides is 1. The van der Waals surface area contributed by atoms with Crippen molar-refractivity contribution in [2.24, 2.45) is 0 Å². The Morgan fingerprint density at radius 2 is 2.00 bits per heavy atom. The van der Waals surface area contributed by atoms with Crippen molar-refractivity contribution < 1.29 is 8.42 Å². The van der Waals surface area contributed by atoms with Crippen molar-refractivity contribution in [3.63, 3.8) is 0 Å². The molecule has 0 aromatic carbocycles. The van der Waals surface area contributed by atoms with E-state index in [1.807, 2.05) is 0 Å². The predicted octanol–water partition coefficient (Wildman–Crippen LogP) is -0.844. The van der Waals surface area contributed by atoms with Gasteiger partial charge in [0.15, 0.2) is 0 Å². The topological polar surface area (TPSA) is 61.4 Å². The molecule has 0 radical (unpaired) electrons. The van der Waals surface area contributed by atoms with E-state index in [9.17, 15) is 8.42 Å². The Hall–Kier alpha value is -0.590. The van der Waals surface area contributed by atoms with E-state index in [2.05, 4.69) is 10.7 Å². The quantitative estimate of drug-likeness (QED) is 0.630. The van der Waals surface area contributed by atoms with Crippen LogP contribution in [0.4, 0.5) is 0 Å². The third kappa shape index (κ3) is 1.11. The summed E-state index contributed by atoms with van der Waals surface area (Å²) in [6, 6.07) is 0. The van der Waals surface area contributed by atoms with Crippen LogP contribution in [0, 0.1) is 0 Å². The van der Waals surface area contributed by atoms with Crippen LogP contribution in [0.1, 0.15) is 12.8 Å². The Morgan fingerprint density at radius 3 is 2.71 bits per heavy atom. The number of hydrogen-bond donors (Lipinski definition) is 2. The fourth-order valence-corrected chi connectivity index (χ4v) is 3.74. The zero-order chi connectivity index (χ0) is 9.76. The first kappa shape index (κ1) is 8.70. The van der Waals surface area contributed by atoms with Gasteiger partial charge in [0, 0.05) is 19.6 Å². The van der Waals surface area contributed by atoms with Gasteiger partial charge in [-0.15, -0.1) is 0 Å². The summed E-state index contributed by atoms with van der Waals surface area (Å²) in [6.45, 7) is 2.17. The van der Waals surface area contributed by atoms with E-state index in [1.165, 1.54) is 9.99 Å². The Labute approximate surface area is 83.2 Å². The molecule has 78 valence electrons. The SMILES string of the molecule is O=S(=O)(C1CC1)N1NCC2=C1CNC2. The highest BCUT2D eigenvalue weighted by atomic mass is 32.2. The summed E-state index contributed by atoms with van der Waals surface area (Å²) in [5, 5.41) is 3.03. The monoisotopic (exact) mass is 215 g/mol. The molecule has 6 heteroatoms. The van der Waals surface area contributed by atoms with Crippen LogP contribution in [0.25, 0.3) is 0 Å². The Balaban J connectivity index is 1.93. The molecule has 0 aromatic rings. The second-order valence-corrected chi connectivity index (χ2v) is 6.06. The van der Waals surface area contributed by atoms with E-state index in [1.54, 1.807) is 0 Å². The fraction of sp³-hybridized carbons (Fsp3) is 0.750.